The Morgan fingerprint density at radius 1 is 1.06 bits per heavy atom. The number of anilines is 1. The Morgan fingerprint density at radius 3 is 2.39 bits per heavy atom. The van der Waals surface area contributed by atoms with Gasteiger partial charge in [-0.15, -0.1) is 0 Å². The lowest BCUT2D eigenvalue weighted by Gasteiger charge is -2.16. The Bertz CT molecular complexity index is 571. The number of nitrogens with two attached hydrogens (primary N) is 1. The van der Waals surface area contributed by atoms with E-state index in [1.807, 2.05) is 19.1 Å². The van der Waals surface area contributed by atoms with Gasteiger partial charge in [0.25, 0.3) is 0 Å². The van der Waals surface area contributed by atoms with Crippen LogP contribution in [0.5, 0.6) is 5.75 Å². The Balaban J connectivity index is 2.76. The molecule has 3 nitrogen and oxygen atoms in total. The molecule has 0 unspecified atom stereocenters. The predicted molar refractivity (Wildman–Crippen MR) is 74.8 cm³/mol. The zero-order chi connectivity index (χ0) is 13.3. The summed E-state index contributed by atoms with van der Waals surface area (Å²) in [5.41, 5.74) is 11.4. The number of hydrogen-bond acceptors (Lipinski definition) is 3. The second-order valence-electron chi connectivity index (χ2n) is 4.48. The van der Waals surface area contributed by atoms with Gasteiger partial charge in [-0.3, -0.25) is 0 Å². The Morgan fingerprint density at radius 2 is 1.78 bits per heavy atom. The molecule has 2 aromatic rings. The SMILES string of the molecule is COc1c(-c2c(C)ccnc2N)ccc(C)c1C. The quantitative estimate of drug-likeness (QED) is 0.879. The molecule has 0 fully saturated rings. The Hall–Kier alpha value is -2.03. The number of nitrogen functional groups attached to an aromatic ring is 1. The predicted octanol–water partition coefficient (Wildman–Crippen LogP) is 3.26. The zero-order valence-corrected chi connectivity index (χ0v) is 11.2. The van der Waals surface area contributed by atoms with Crippen LogP contribution in [-0.2, 0) is 0 Å². The summed E-state index contributed by atoms with van der Waals surface area (Å²) >= 11 is 0. The smallest absolute Gasteiger partial charge is 0.131 e. The number of hydrogen-bond donors (Lipinski definition) is 1. The lowest BCUT2D eigenvalue weighted by atomic mass is 9.96. The van der Waals surface area contributed by atoms with Crippen LogP contribution in [0.25, 0.3) is 11.1 Å². The lowest BCUT2D eigenvalue weighted by molar-refractivity contribution is 0.413. The minimum Gasteiger partial charge on any atom is -0.496 e. The van der Waals surface area contributed by atoms with Crippen molar-refractivity contribution in [1.82, 2.24) is 4.98 Å². The van der Waals surface area contributed by atoms with E-state index in [1.54, 1.807) is 13.3 Å². The van der Waals surface area contributed by atoms with E-state index in [9.17, 15) is 0 Å². The van der Waals surface area contributed by atoms with E-state index in [0.717, 1.165) is 28.0 Å². The van der Waals surface area contributed by atoms with Gasteiger partial charge < -0.3 is 10.5 Å². The number of aryl methyl sites for hydroxylation is 2. The van der Waals surface area contributed by atoms with Gasteiger partial charge in [-0.1, -0.05) is 12.1 Å². The van der Waals surface area contributed by atoms with Crippen molar-refractivity contribution >= 4 is 5.82 Å². The molecule has 3 heteroatoms. The van der Waals surface area contributed by atoms with E-state index in [1.165, 1.54) is 5.56 Å². The normalized spacial score (nSPS) is 10.4. The van der Waals surface area contributed by atoms with Crippen molar-refractivity contribution in [3.05, 3.63) is 41.1 Å². The number of rotatable bonds is 2. The van der Waals surface area contributed by atoms with E-state index in [0.29, 0.717) is 5.82 Å². The third kappa shape index (κ3) is 1.92. The fraction of sp³-hybridized carbons (Fsp3) is 0.267. The van der Waals surface area contributed by atoms with Gasteiger partial charge in [0.1, 0.15) is 11.6 Å². The molecule has 0 spiro atoms. The van der Waals surface area contributed by atoms with Gasteiger partial charge in [0.05, 0.1) is 7.11 Å². The minimum absolute atomic E-state index is 0.538. The molecule has 0 radical (unpaired) electrons. The van der Waals surface area contributed by atoms with Crippen LogP contribution in [0.15, 0.2) is 24.4 Å². The van der Waals surface area contributed by atoms with Gasteiger partial charge >= 0.3 is 0 Å². The average molecular weight is 242 g/mol. The van der Waals surface area contributed by atoms with Crippen molar-refractivity contribution in [3.63, 3.8) is 0 Å². The van der Waals surface area contributed by atoms with Crippen LogP contribution in [0, 0.1) is 20.8 Å². The average Bonchev–Trinajstić information content (AvgIpc) is 2.33. The van der Waals surface area contributed by atoms with Gasteiger partial charge in [-0.2, -0.15) is 0 Å². The topological polar surface area (TPSA) is 48.1 Å². The first-order valence-corrected chi connectivity index (χ1v) is 5.92. The molecule has 1 heterocycles. The first-order valence-electron chi connectivity index (χ1n) is 5.92. The highest BCUT2D eigenvalue weighted by molar-refractivity contribution is 5.82. The number of benzene rings is 1. The van der Waals surface area contributed by atoms with Gasteiger partial charge in [-0.05, 0) is 43.5 Å². The molecular formula is C15H18N2O. The number of methoxy groups -OCH3 is 1. The van der Waals surface area contributed by atoms with Crippen molar-refractivity contribution in [2.45, 2.75) is 20.8 Å². The number of pyridine rings is 1. The maximum Gasteiger partial charge on any atom is 0.131 e. The molecule has 0 aliphatic rings. The molecule has 1 aromatic carbocycles. The molecule has 0 saturated heterocycles. The second kappa shape index (κ2) is 4.69. The first-order chi connectivity index (χ1) is 8.56. The molecule has 0 aliphatic heterocycles. The number of aromatic nitrogens is 1. The molecular weight excluding hydrogens is 224 g/mol. The summed E-state index contributed by atoms with van der Waals surface area (Å²) in [4.78, 5) is 4.17. The highest BCUT2D eigenvalue weighted by Gasteiger charge is 2.15. The van der Waals surface area contributed by atoms with Crippen LogP contribution < -0.4 is 10.5 Å². The molecule has 0 atom stereocenters. The number of ether oxygens (including phenoxy) is 1. The lowest BCUT2D eigenvalue weighted by Crippen LogP contribution is -2.00. The third-order valence-corrected chi connectivity index (χ3v) is 3.34. The fourth-order valence-corrected chi connectivity index (χ4v) is 2.18. The Kier molecular flexibility index (Phi) is 3.24. The highest BCUT2D eigenvalue weighted by Crippen LogP contribution is 2.38. The van der Waals surface area contributed by atoms with E-state index in [4.69, 9.17) is 10.5 Å². The molecule has 2 rings (SSSR count). The highest BCUT2D eigenvalue weighted by atomic mass is 16.5. The molecule has 0 amide bonds. The van der Waals surface area contributed by atoms with Crippen molar-refractivity contribution in [1.29, 1.82) is 0 Å². The molecule has 18 heavy (non-hydrogen) atoms. The van der Waals surface area contributed by atoms with Crippen LogP contribution in [0.2, 0.25) is 0 Å². The second-order valence-corrected chi connectivity index (χ2v) is 4.48. The van der Waals surface area contributed by atoms with Gasteiger partial charge in [0.2, 0.25) is 0 Å². The van der Waals surface area contributed by atoms with Gasteiger partial charge in [-0.25, -0.2) is 4.98 Å². The summed E-state index contributed by atoms with van der Waals surface area (Å²) in [6.45, 7) is 6.16. The fourth-order valence-electron chi connectivity index (χ4n) is 2.18. The monoisotopic (exact) mass is 242 g/mol. The van der Waals surface area contributed by atoms with Gasteiger partial charge in [0.15, 0.2) is 0 Å². The van der Waals surface area contributed by atoms with Crippen molar-refractivity contribution < 1.29 is 4.74 Å². The molecule has 0 bridgehead atoms. The molecule has 1 aromatic heterocycles. The van der Waals surface area contributed by atoms with E-state index in [2.05, 4.69) is 24.9 Å². The van der Waals surface area contributed by atoms with Crippen LogP contribution in [-0.4, -0.2) is 12.1 Å². The summed E-state index contributed by atoms with van der Waals surface area (Å²) in [5, 5.41) is 0. The molecule has 0 aliphatic carbocycles. The molecule has 0 saturated carbocycles. The maximum absolute atomic E-state index is 6.00. The first kappa shape index (κ1) is 12.4. The standard InChI is InChI=1S/C15H18N2O/c1-9-5-6-12(14(18-4)11(9)3)13-10(2)7-8-17-15(13)16/h5-8H,1-4H3,(H2,16,17). The largest absolute Gasteiger partial charge is 0.496 e. The Labute approximate surface area is 108 Å². The third-order valence-electron chi connectivity index (χ3n) is 3.34. The van der Waals surface area contributed by atoms with Crippen molar-refractivity contribution in [2.24, 2.45) is 0 Å². The van der Waals surface area contributed by atoms with Crippen LogP contribution in [0.1, 0.15) is 16.7 Å². The summed E-state index contributed by atoms with van der Waals surface area (Å²) in [5.74, 6) is 1.41. The number of nitrogens with zero attached hydrogens (tertiary/aromatic N) is 1. The summed E-state index contributed by atoms with van der Waals surface area (Å²) < 4.78 is 5.54. The van der Waals surface area contributed by atoms with E-state index in [-0.39, 0.29) is 0 Å². The zero-order valence-electron chi connectivity index (χ0n) is 11.2. The summed E-state index contributed by atoms with van der Waals surface area (Å²) in [6.07, 6.45) is 1.72. The van der Waals surface area contributed by atoms with Gasteiger partial charge in [0, 0.05) is 17.3 Å². The van der Waals surface area contributed by atoms with E-state index < -0.39 is 0 Å². The van der Waals surface area contributed by atoms with Crippen LogP contribution in [0.3, 0.4) is 0 Å². The van der Waals surface area contributed by atoms with Crippen molar-refractivity contribution in [2.75, 3.05) is 12.8 Å². The van der Waals surface area contributed by atoms with Crippen molar-refractivity contribution in [3.8, 4) is 16.9 Å². The maximum atomic E-state index is 6.00. The van der Waals surface area contributed by atoms with Crippen LogP contribution >= 0.6 is 0 Å². The molecule has 94 valence electrons. The van der Waals surface area contributed by atoms with E-state index >= 15 is 0 Å². The minimum atomic E-state index is 0.538. The summed E-state index contributed by atoms with van der Waals surface area (Å²) in [7, 11) is 1.69. The molecule has 2 N–H and O–H groups in total. The summed E-state index contributed by atoms with van der Waals surface area (Å²) in [6, 6.07) is 6.08. The van der Waals surface area contributed by atoms with Crippen LogP contribution in [0.4, 0.5) is 5.82 Å².